The quantitative estimate of drug-likeness (QED) is 0.294. The Bertz CT molecular complexity index is 1130. The number of benzene rings is 1. The van der Waals surface area contributed by atoms with E-state index in [1.54, 1.807) is 0 Å². The van der Waals surface area contributed by atoms with E-state index in [1.807, 2.05) is 37.3 Å². The molecule has 0 bridgehead atoms. The predicted octanol–water partition coefficient (Wildman–Crippen LogP) is 7.34. The molecule has 2 N–H and O–H groups in total. The minimum atomic E-state index is -0.608. The molecule has 0 heterocycles. The molecule has 0 saturated heterocycles. The molecule has 4 fully saturated rings. The van der Waals surface area contributed by atoms with Crippen LogP contribution < -0.4 is 5.73 Å². The molecule has 4 aliphatic rings. The number of esters is 1. The van der Waals surface area contributed by atoms with Crippen molar-refractivity contribution in [3.05, 3.63) is 35.9 Å². The molecule has 5 nitrogen and oxygen atoms in total. The molecular formula is C37H55NO4. The minimum Gasteiger partial charge on any atom is -0.462 e. The van der Waals surface area contributed by atoms with Gasteiger partial charge in [-0.3, -0.25) is 14.4 Å². The summed E-state index contributed by atoms with van der Waals surface area (Å²) >= 11 is 0. The number of hydrogen-bond donors (Lipinski definition) is 1. The lowest BCUT2D eigenvalue weighted by Gasteiger charge is -2.61. The van der Waals surface area contributed by atoms with Crippen molar-refractivity contribution in [2.24, 2.45) is 58.0 Å². The first kappa shape index (κ1) is 31.4. The second-order valence-electron chi connectivity index (χ2n) is 15.6. The van der Waals surface area contributed by atoms with Gasteiger partial charge in [-0.2, -0.15) is 0 Å². The maximum Gasteiger partial charge on any atom is 0.309 e. The lowest BCUT2D eigenvalue weighted by Crippen LogP contribution is -2.54. The minimum absolute atomic E-state index is 0.0563. The number of carbonyl (C=O) groups is 3. The van der Waals surface area contributed by atoms with Crippen LogP contribution in [0.5, 0.6) is 0 Å². The van der Waals surface area contributed by atoms with Crippen LogP contribution in [0, 0.1) is 52.3 Å². The van der Waals surface area contributed by atoms with Gasteiger partial charge in [0.2, 0.25) is 0 Å². The van der Waals surface area contributed by atoms with Crippen LogP contribution in [-0.4, -0.2) is 29.7 Å². The summed E-state index contributed by atoms with van der Waals surface area (Å²) in [5.41, 5.74) is 7.82. The van der Waals surface area contributed by atoms with E-state index in [-0.39, 0.29) is 35.6 Å². The summed E-state index contributed by atoms with van der Waals surface area (Å²) in [5, 5.41) is 0. The van der Waals surface area contributed by atoms with Crippen LogP contribution >= 0.6 is 0 Å². The highest BCUT2D eigenvalue weighted by Gasteiger charge is 2.61. The van der Waals surface area contributed by atoms with Crippen LogP contribution in [0.25, 0.3) is 0 Å². The van der Waals surface area contributed by atoms with Gasteiger partial charge >= 0.3 is 5.97 Å². The van der Waals surface area contributed by atoms with Crippen molar-refractivity contribution >= 4 is 17.5 Å². The van der Waals surface area contributed by atoms with E-state index in [0.717, 1.165) is 37.2 Å². The summed E-state index contributed by atoms with van der Waals surface area (Å²) in [4.78, 5) is 39.1. The predicted molar refractivity (Wildman–Crippen MR) is 166 cm³/mol. The number of rotatable bonds is 10. The van der Waals surface area contributed by atoms with Crippen molar-refractivity contribution in [3.8, 4) is 0 Å². The van der Waals surface area contributed by atoms with Crippen molar-refractivity contribution < 1.29 is 19.1 Å². The van der Waals surface area contributed by atoms with Gasteiger partial charge < -0.3 is 10.5 Å². The van der Waals surface area contributed by atoms with Gasteiger partial charge in [-0.25, -0.2) is 0 Å². The highest BCUT2D eigenvalue weighted by molar-refractivity contribution is 5.88. The van der Waals surface area contributed by atoms with Gasteiger partial charge in [0, 0.05) is 12.3 Å². The molecule has 1 aromatic carbocycles. The normalized spacial score (nSPS) is 37.2. The first-order valence-electron chi connectivity index (χ1n) is 17.0. The van der Waals surface area contributed by atoms with Gasteiger partial charge in [0.1, 0.15) is 11.9 Å². The summed E-state index contributed by atoms with van der Waals surface area (Å²) in [5.74, 6) is 2.95. The molecule has 10 atom stereocenters. The van der Waals surface area contributed by atoms with Gasteiger partial charge in [-0.05, 0) is 124 Å². The molecule has 232 valence electrons. The van der Waals surface area contributed by atoms with Gasteiger partial charge in [0.05, 0.1) is 12.0 Å². The topological polar surface area (TPSA) is 86.5 Å². The van der Waals surface area contributed by atoms with Crippen LogP contribution in [0.4, 0.5) is 0 Å². The third kappa shape index (κ3) is 6.14. The summed E-state index contributed by atoms with van der Waals surface area (Å²) in [6.07, 6.45) is 11.4. The first-order chi connectivity index (χ1) is 19.9. The Kier molecular flexibility index (Phi) is 9.38. The zero-order valence-electron chi connectivity index (χ0n) is 26.8. The maximum absolute atomic E-state index is 13.5. The molecule has 42 heavy (non-hydrogen) atoms. The maximum atomic E-state index is 13.5. The fourth-order valence-corrected chi connectivity index (χ4v) is 10.5. The smallest absolute Gasteiger partial charge is 0.309 e. The Morgan fingerprint density at radius 2 is 1.62 bits per heavy atom. The Morgan fingerprint density at radius 1 is 0.929 bits per heavy atom. The van der Waals surface area contributed by atoms with E-state index in [1.165, 1.54) is 32.1 Å². The monoisotopic (exact) mass is 577 g/mol. The van der Waals surface area contributed by atoms with Gasteiger partial charge in [0.25, 0.3) is 0 Å². The molecule has 0 aromatic heterocycles. The second-order valence-corrected chi connectivity index (χ2v) is 15.6. The average molecular weight is 578 g/mol. The number of carbonyl (C=O) groups excluding carboxylic acids is 3. The number of Topliss-reactive ketones (excluding diaryl/α,β-unsaturated/α-hetero) is 2. The van der Waals surface area contributed by atoms with E-state index in [4.69, 9.17) is 10.5 Å². The fraction of sp³-hybridized carbons (Fsp3) is 0.757. The summed E-state index contributed by atoms with van der Waals surface area (Å²) in [7, 11) is 0. The highest BCUT2D eigenvalue weighted by Crippen LogP contribution is 2.67. The third-order valence-corrected chi connectivity index (χ3v) is 12.6. The second kappa shape index (κ2) is 12.5. The summed E-state index contributed by atoms with van der Waals surface area (Å²) in [6, 6.07) is 9.23. The van der Waals surface area contributed by atoms with Crippen LogP contribution in [-0.2, 0) is 25.5 Å². The molecule has 0 amide bonds. The number of fused-ring (bicyclic) bond motifs is 5. The Labute approximate surface area is 254 Å². The standard InChI is InChI=1S/C37H55NO4/c1-23(2)19-26(21-34(40)33(38)20-25-9-7-6-8-10-25)35(41)42-28-15-17-36(4)27(22-28)11-12-29-31-14-13-30(24(3)39)37(31,5)18-16-32(29)36/h6-10,23,26-33H,11-22,38H2,1-5H3/t26-,27+,28-,29+,30-,31+,32+,33+,36+,37-/m1/s1. The van der Waals surface area contributed by atoms with Crippen molar-refractivity contribution in [1.82, 2.24) is 0 Å². The molecule has 5 rings (SSSR count). The van der Waals surface area contributed by atoms with Crippen LogP contribution in [0.1, 0.15) is 111 Å². The zero-order valence-corrected chi connectivity index (χ0v) is 26.8. The van der Waals surface area contributed by atoms with Crippen molar-refractivity contribution in [1.29, 1.82) is 0 Å². The molecule has 4 saturated carbocycles. The fourth-order valence-electron chi connectivity index (χ4n) is 10.5. The van der Waals surface area contributed by atoms with Crippen molar-refractivity contribution in [2.75, 3.05) is 0 Å². The van der Waals surface area contributed by atoms with E-state index in [9.17, 15) is 14.4 Å². The largest absolute Gasteiger partial charge is 0.462 e. The van der Waals surface area contributed by atoms with Gasteiger partial charge in [-0.1, -0.05) is 58.0 Å². The van der Waals surface area contributed by atoms with Crippen LogP contribution in [0.2, 0.25) is 0 Å². The van der Waals surface area contributed by atoms with Crippen molar-refractivity contribution in [2.45, 2.75) is 124 Å². The third-order valence-electron chi connectivity index (χ3n) is 12.6. The SMILES string of the molecule is CC(=O)[C@H]1CC[C@H]2[C@@H]3CC[C@H]4C[C@H](OC(=O)[C@@H](CC(=O)[C@@H](N)Cc5ccccc5)CC(C)C)CC[C@]4(C)[C@H]3CC[C@]12C. The molecule has 4 aliphatic carbocycles. The van der Waals surface area contributed by atoms with E-state index >= 15 is 0 Å². The summed E-state index contributed by atoms with van der Waals surface area (Å²) in [6.45, 7) is 11.0. The molecule has 0 radical (unpaired) electrons. The highest BCUT2D eigenvalue weighted by atomic mass is 16.5. The van der Waals surface area contributed by atoms with E-state index in [2.05, 4.69) is 27.7 Å². The van der Waals surface area contributed by atoms with Gasteiger partial charge in [-0.15, -0.1) is 0 Å². The number of ether oxygens (including phenoxy) is 1. The van der Waals surface area contributed by atoms with E-state index < -0.39 is 12.0 Å². The van der Waals surface area contributed by atoms with Crippen molar-refractivity contribution in [3.63, 3.8) is 0 Å². The number of hydrogen-bond acceptors (Lipinski definition) is 5. The lowest BCUT2D eigenvalue weighted by atomic mass is 9.44. The first-order valence-corrected chi connectivity index (χ1v) is 17.0. The van der Waals surface area contributed by atoms with E-state index in [0.29, 0.717) is 47.7 Å². The summed E-state index contributed by atoms with van der Waals surface area (Å²) < 4.78 is 6.24. The molecule has 0 spiro atoms. The lowest BCUT2D eigenvalue weighted by molar-refractivity contribution is -0.168. The van der Waals surface area contributed by atoms with Crippen LogP contribution in [0.15, 0.2) is 30.3 Å². The number of ketones is 2. The molecule has 0 aliphatic heterocycles. The average Bonchev–Trinajstić information content (AvgIpc) is 3.30. The Balaban J connectivity index is 1.19. The molecule has 1 aromatic rings. The van der Waals surface area contributed by atoms with Crippen LogP contribution in [0.3, 0.4) is 0 Å². The number of nitrogens with two attached hydrogens (primary N) is 1. The Hall–Kier alpha value is -2.01. The zero-order chi connectivity index (χ0) is 30.2. The molecular weight excluding hydrogens is 522 g/mol. The molecule has 0 unspecified atom stereocenters. The molecule has 5 heteroatoms. The van der Waals surface area contributed by atoms with Gasteiger partial charge in [0.15, 0.2) is 5.78 Å². The Morgan fingerprint density at radius 3 is 2.31 bits per heavy atom.